The van der Waals surface area contributed by atoms with Crippen LogP contribution < -0.4 is 10.6 Å². The Morgan fingerprint density at radius 2 is 1.17 bits per heavy atom. The first-order valence-electron chi connectivity index (χ1n) is 6.30. The van der Waals surface area contributed by atoms with Crippen LogP contribution >= 0.6 is 0 Å². The number of carbonyl (C=O) groups is 2. The van der Waals surface area contributed by atoms with Gasteiger partial charge >= 0.3 is 11.9 Å². The van der Waals surface area contributed by atoms with E-state index in [2.05, 4.69) is 10.6 Å². The van der Waals surface area contributed by atoms with Crippen molar-refractivity contribution in [3.63, 3.8) is 0 Å². The van der Waals surface area contributed by atoms with Gasteiger partial charge in [0.1, 0.15) is 0 Å². The highest BCUT2D eigenvalue weighted by atomic mass is 16.4. The number of nitrogens with one attached hydrogen (secondary N) is 2. The molecule has 0 radical (unpaired) electrons. The molecule has 4 N–H and O–H groups in total. The zero-order valence-electron chi connectivity index (χ0n) is 10.8. The van der Waals surface area contributed by atoms with Gasteiger partial charge in [0.2, 0.25) is 0 Å². The van der Waals surface area contributed by atoms with Crippen molar-refractivity contribution in [1.29, 1.82) is 0 Å². The quantitative estimate of drug-likeness (QED) is 0.550. The van der Waals surface area contributed by atoms with Crippen LogP contribution in [0.25, 0.3) is 0 Å². The number of carboxylic acid groups (broad SMARTS) is 2. The minimum atomic E-state index is -0.674. The number of rotatable bonds is 2. The summed E-state index contributed by atoms with van der Waals surface area (Å²) < 4.78 is 0. The van der Waals surface area contributed by atoms with Crippen molar-refractivity contribution in [3.05, 3.63) is 0 Å². The van der Waals surface area contributed by atoms with Crippen LogP contribution in [0.3, 0.4) is 0 Å². The molecule has 0 aliphatic carbocycles. The number of hydrogen-bond acceptors (Lipinski definition) is 4. The zero-order chi connectivity index (χ0) is 13.7. The maximum atomic E-state index is 10.4. The molecule has 2 rings (SSSR count). The largest absolute Gasteiger partial charge is 0.481 e. The standard InChI is InChI=1S/2C6H11NO2/c2*1-4-2-7-3-5(4)6(8)9/h2*4-5,7H,2-3H2,1H3,(H,8,9)/t2*4-,5-/m10/s1. The lowest BCUT2D eigenvalue weighted by Crippen LogP contribution is -2.20. The summed E-state index contributed by atoms with van der Waals surface area (Å²) in [5.74, 6) is -1.08. The minimum absolute atomic E-state index is 0.162. The molecular formula is C12H22N2O4. The first kappa shape index (κ1) is 14.9. The van der Waals surface area contributed by atoms with Gasteiger partial charge in [0.25, 0.3) is 0 Å². The summed E-state index contributed by atoms with van der Waals surface area (Å²) in [6, 6.07) is 0. The molecule has 0 aromatic carbocycles. The second-order valence-electron chi connectivity index (χ2n) is 5.16. The van der Waals surface area contributed by atoms with Crippen LogP contribution in [0, 0.1) is 23.7 Å². The Hall–Kier alpha value is -1.14. The van der Waals surface area contributed by atoms with Crippen LogP contribution in [-0.2, 0) is 9.59 Å². The summed E-state index contributed by atoms with van der Waals surface area (Å²) in [6.45, 7) is 6.87. The van der Waals surface area contributed by atoms with Crippen molar-refractivity contribution in [1.82, 2.24) is 10.6 Å². The van der Waals surface area contributed by atoms with Gasteiger partial charge in [0, 0.05) is 13.1 Å². The lowest BCUT2D eigenvalue weighted by atomic mass is 9.99. The molecule has 2 aliphatic rings. The highest BCUT2D eigenvalue weighted by Gasteiger charge is 2.29. The van der Waals surface area contributed by atoms with E-state index in [9.17, 15) is 9.59 Å². The molecule has 0 aromatic heterocycles. The molecule has 0 unspecified atom stereocenters. The van der Waals surface area contributed by atoms with Crippen LogP contribution in [0.5, 0.6) is 0 Å². The van der Waals surface area contributed by atoms with Gasteiger partial charge in [-0.25, -0.2) is 0 Å². The molecule has 6 nitrogen and oxygen atoms in total. The topological polar surface area (TPSA) is 98.7 Å². The van der Waals surface area contributed by atoms with Gasteiger partial charge < -0.3 is 20.8 Å². The summed E-state index contributed by atoms with van der Waals surface area (Å²) in [5, 5.41) is 23.1. The predicted octanol–water partition coefficient (Wildman–Crippen LogP) is -0.147. The lowest BCUT2D eigenvalue weighted by Gasteiger charge is -2.05. The van der Waals surface area contributed by atoms with Gasteiger partial charge in [0.15, 0.2) is 0 Å². The Kier molecular flexibility index (Phi) is 5.55. The first-order valence-corrected chi connectivity index (χ1v) is 6.30. The van der Waals surface area contributed by atoms with Gasteiger partial charge in [-0.3, -0.25) is 9.59 Å². The van der Waals surface area contributed by atoms with Gasteiger partial charge in [-0.15, -0.1) is 0 Å². The third-order valence-electron chi connectivity index (χ3n) is 3.67. The van der Waals surface area contributed by atoms with Gasteiger partial charge in [0.05, 0.1) is 11.8 Å². The minimum Gasteiger partial charge on any atom is -0.481 e. The fourth-order valence-corrected chi connectivity index (χ4v) is 2.28. The van der Waals surface area contributed by atoms with Gasteiger partial charge in [-0.1, -0.05) is 13.8 Å². The molecule has 0 saturated carbocycles. The predicted molar refractivity (Wildman–Crippen MR) is 66.3 cm³/mol. The maximum absolute atomic E-state index is 10.4. The van der Waals surface area contributed by atoms with Crippen molar-refractivity contribution in [2.75, 3.05) is 26.2 Å². The molecule has 0 amide bonds. The molecule has 0 bridgehead atoms. The van der Waals surface area contributed by atoms with E-state index in [0.29, 0.717) is 24.9 Å². The van der Waals surface area contributed by atoms with Crippen molar-refractivity contribution < 1.29 is 19.8 Å². The Labute approximate surface area is 107 Å². The fraction of sp³-hybridized carbons (Fsp3) is 0.833. The van der Waals surface area contributed by atoms with Crippen LogP contribution in [-0.4, -0.2) is 48.3 Å². The van der Waals surface area contributed by atoms with E-state index in [1.54, 1.807) is 0 Å². The highest BCUT2D eigenvalue weighted by Crippen LogP contribution is 2.15. The summed E-state index contributed by atoms with van der Waals surface area (Å²) in [4.78, 5) is 20.7. The van der Waals surface area contributed by atoms with Crippen molar-refractivity contribution >= 4 is 11.9 Å². The van der Waals surface area contributed by atoms with E-state index < -0.39 is 11.9 Å². The van der Waals surface area contributed by atoms with Crippen LogP contribution in [0.1, 0.15) is 13.8 Å². The maximum Gasteiger partial charge on any atom is 0.308 e. The van der Waals surface area contributed by atoms with E-state index >= 15 is 0 Å². The molecule has 18 heavy (non-hydrogen) atoms. The molecule has 2 aliphatic heterocycles. The Balaban J connectivity index is 0.000000180. The molecule has 6 heteroatoms. The van der Waals surface area contributed by atoms with E-state index in [-0.39, 0.29) is 11.8 Å². The second-order valence-corrected chi connectivity index (χ2v) is 5.16. The molecule has 104 valence electrons. The monoisotopic (exact) mass is 258 g/mol. The Bertz CT molecular complexity index is 278. The molecule has 2 fully saturated rings. The number of aliphatic carboxylic acids is 2. The van der Waals surface area contributed by atoms with E-state index in [4.69, 9.17) is 10.2 Å². The molecule has 0 aromatic rings. The number of carboxylic acids is 2. The Morgan fingerprint density at radius 3 is 1.28 bits per heavy atom. The SMILES string of the molecule is C[C@@H]1CNC[C@H]1C(=O)O.C[C@H]1CNC[C@@H]1C(=O)O. The van der Waals surface area contributed by atoms with Crippen LogP contribution in [0.4, 0.5) is 0 Å². The third kappa shape index (κ3) is 3.96. The smallest absolute Gasteiger partial charge is 0.308 e. The van der Waals surface area contributed by atoms with Crippen LogP contribution in [0.2, 0.25) is 0 Å². The second kappa shape index (κ2) is 6.70. The third-order valence-corrected chi connectivity index (χ3v) is 3.67. The van der Waals surface area contributed by atoms with E-state index in [0.717, 1.165) is 13.1 Å². The summed E-state index contributed by atoms with van der Waals surface area (Å²) in [6.07, 6.45) is 0. The van der Waals surface area contributed by atoms with Gasteiger partial charge in [-0.2, -0.15) is 0 Å². The fourth-order valence-electron chi connectivity index (χ4n) is 2.28. The van der Waals surface area contributed by atoms with Crippen molar-refractivity contribution in [2.24, 2.45) is 23.7 Å². The zero-order valence-corrected chi connectivity index (χ0v) is 10.8. The van der Waals surface area contributed by atoms with E-state index in [1.807, 2.05) is 13.8 Å². The molecular weight excluding hydrogens is 236 g/mol. The van der Waals surface area contributed by atoms with Gasteiger partial charge in [-0.05, 0) is 24.9 Å². The highest BCUT2D eigenvalue weighted by molar-refractivity contribution is 5.71. The van der Waals surface area contributed by atoms with Crippen molar-refractivity contribution in [3.8, 4) is 0 Å². The average molecular weight is 258 g/mol. The first-order chi connectivity index (χ1) is 8.43. The summed E-state index contributed by atoms with van der Waals surface area (Å²) in [5.41, 5.74) is 0. The molecule has 2 heterocycles. The molecule has 2 saturated heterocycles. The van der Waals surface area contributed by atoms with Crippen LogP contribution in [0.15, 0.2) is 0 Å². The normalized spacial score (nSPS) is 34.8. The average Bonchev–Trinajstić information content (AvgIpc) is 2.87. The Morgan fingerprint density at radius 1 is 0.833 bits per heavy atom. The van der Waals surface area contributed by atoms with Crippen molar-refractivity contribution in [2.45, 2.75) is 13.8 Å². The van der Waals surface area contributed by atoms with E-state index in [1.165, 1.54) is 0 Å². The summed E-state index contributed by atoms with van der Waals surface area (Å²) >= 11 is 0. The summed E-state index contributed by atoms with van der Waals surface area (Å²) in [7, 11) is 0. The number of hydrogen-bond donors (Lipinski definition) is 4. The molecule has 4 atom stereocenters. The molecule has 0 spiro atoms. The lowest BCUT2D eigenvalue weighted by molar-refractivity contribution is -0.143.